The number of fused-ring (bicyclic) bond motifs is 2. The van der Waals surface area contributed by atoms with Crippen molar-refractivity contribution in [3.63, 3.8) is 0 Å². The first kappa shape index (κ1) is 21.7. The molecule has 2 aliphatic carbocycles. The maximum absolute atomic E-state index is 12.9. The van der Waals surface area contributed by atoms with Gasteiger partial charge in [0.2, 0.25) is 5.95 Å². The SMILES string of the molecule is C#Cc1cnc(C2=C[C@H]3CN(c4nc5c(c(NC6(CO)CCC6)n4)[S@@](=O)CCC5)C[C@H]3C2)nc1. The number of aliphatic hydroxyl groups excluding tert-OH is 1. The van der Waals surface area contributed by atoms with E-state index in [1.54, 1.807) is 12.4 Å². The fourth-order valence-electron chi connectivity index (χ4n) is 5.58. The van der Waals surface area contributed by atoms with Crippen LogP contribution < -0.4 is 10.2 Å². The van der Waals surface area contributed by atoms with Gasteiger partial charge in [0.05, 0.1) is 34.2 Å². The van der Waals surface area contributed by atoms with E-state index in [9.17, 15) is 9.32 Å². The monoisotopic (exact) mass is 476 g/mol. The van der Waals surface area contributed by atoms with Crippen molar-refractivity contribution in [1.29, 1.82) is 0 Å². The summed E-state index contributed by atoms with van der Waals surface area (Å²) in [6.07, 6.45) is 16.6. The van der Waals surface area contributed by atoms with Crippen LogP contribution in [0, 0.1) is 24.2 Å². The Bertz CT molecular complexity index is 1210. The van der Waals surface area contributed by atoms with E-state index in [2.05, 4.69) is 32.2 Å². The molecule has 2 aromatic heterocycles. The Hall–Kier alpha value is -2.83. The molecule has 1 saturated carbocycles. The molecule has 2 N–H and O–H groups in total. The van der Waals surface area contributed by atoms with Crippen LogP contribution in [0.15, 0.2) is 23.4 Å². The van der Waals surface area contributed by atoms with Gasteiger partial charge < -0.3 is 15.3 Å². The topological polar surface area (TPSA) is 104 Å². The second-order valence-corrected chi connectivity index (χ2v) is 11.4. The van der Waals surface area contributed by atoms with E-state index in [1.165, 1.54) is 5.57 Å². The third-order valence-corrected chi connectivity index (χ3v) is 9.21. The number of terminal acetylenes is 1. The molecule has 0 bridgehead atoms. The molecule has 8 nitrogen and oxygen atoms in total. The van der Waals surface area contributed by atoms with E-state index >= 15 is 0 Å². The van der Waals surface area contributed by atoms with E-state index in [4.69, 9.17) is 16.4 Å². The normalized spacial score (nSPS) is 26.8. The highest BCUT2D eigenvalue weighted by atomic mass is 32.2. The van der Waals surface area contributed by atoms with Crippen LogP contribution in [0.2, 0.25) is 0 Å². The number of hydrogen-bond acceptors (Lipinski definition) is 8. The van der Waals surface area contributed by atoms with Gasteiger partial charge in [-0.2, -0.15) is 4.98 Å². The minimum Gasteiger partial charge on any atom is -0.394 e. The van der Waals surface area contributed by atoms with E-state index in [0.717, 1.165) is 68.0 Å². The summed E-state index contributed by atoms with van der Waals surface area (Å²) in [5.74, 6) is 6.17. The zero-order valence-electron chi connectivity index (χ0n) is 19.0. The summed E-state index contributed by atoms with van der Waals surface area (Å²) >= 11 is 0. The van der Waals surface area contributed by atoms with Gasteiger partial charge in [0, 0.05) is 31.2 Å². The number of nitrogens with one attached hydrogen (secondary N) is 1. The summed E-state index contributed by atoms with van der Waals surface area (Å²) in [6, 6.07) is 0. The lowest BCUT2D eigenvalue weighted by molar-refractivity contribution is 0.143. The number of anilines is 2. The van der Waals surface area contributed by atoms with Crippen LogP contribution in [0.25, 0.3) is 5.57 Å². The Kier molecular flexibility index (Phi) is 5.38. The van der Waals surface area contributed by atoms with Crippen LogP contribution in [-0.4, -0.2) is 60.2 Å². The van der Waals surface area contributed by atoms with Crippen molar-refractivity contribution in [3.8, 4) is 12.3 Å². The summed E-state index contributed by atoms with van der Waals surface area (Å²) in [6.45, 7) is 1.75. The molecule has 2 aromatic rings. The lowest BCUT2D eigenvalue weighted by Crippen LogP contribution is -2.49. The molecule has 1 saturated heterocycles. The minimum absolute atomic E-state index is 0.0551. The van der Waals surface area contributed by atoms with Crippen LogP contribution >= 0.6 is 0 Å². The van der Waals surface area contributed by atoms with Gasteiger partial charge in [-0.25, -0.2) is 15.0 Å². The minimum atomic E-state index is -1.11. The zero-order valence-corrected chi connectivity index (χ0v) is 19.9. The molecule has 0 aromatic carbocycles. The number of aliphatic hydroxyl groups is 1. The number of allylic oxidation sites excluding steroid dienone is 1. The third kappa shape index (κ3) is 3.69. The van der Waals surface area contributed by atoms with Crippen molar-refractivity contribution in [3.05, 3.63) is 35.6 Å². The maximum atomic E-state index is 12.9. The Labute approximate surface area is 201 Å². The first-order valence-corrected chi connectivity index (χ1v) is 13.3. The zero-order chi connectivity index (χ0) is 23.3. The van der Waals surface area contributed by atoms with E-state index in [-0.39, 0.29) is 12.1 Å². The third-order valence-electron chi connectivity index (χ3n) is 7.67. The van der Waals surface area contributed by atoms with Gasteiger partial charge in [0.25, 0.3) is 0 Å². The molecule has 6 rings (SSSR count). The molecule has 2 fully saturated rings. The number of aromatic nitrogens is 4. The maximum Gasteiger partial charge on any atom is 0.227 e. The highest BCUT2D eigenvalue weighted by Gasteiger charge is 2.41. The van der Waals surface area contributed by atoms with Crippen LogP contribution in [0.5, 0.6) is 0 Å². The number of hydrogen-bond donors (Lipinski definition) is 2. The number of rotatable bonds is 5. The van der Waals surface area contributed by atoms with Crippen molar-refractivity contribution in [2.75, 3.05) is 35.7 Å². The molecule has 3 atom stereocenters. The molecule has 4 aliphatic rings. The lowest BCUT2D eigenvalue weighted by atomic mass is 9.77. The van der Waals surface area contributed by atoms with E-state index in [0.29, 0.717) is 34.9 Å². The first-order valence-electron chi connectivity index (χ1n) is 12.0. The highest BCUT2D eigenvalue weighted by molar-refractivity contribution is 7.85. The van der Waals surface area contributed by atoms with Crippen molar-refractivity contribution in [2.24, 2.45) is 11.8 Å². The summed E-state index contributed by atoms with van der Waals surface area (Å²) in [7, 11) is -1.11. The number of nitrogens with zero attached hydrogens (tertiary/aromatic N) is 5. The molecular weight excluding hydrogens is 448 g/mol. The summed E-state index contributed by atoms with van der Waals surface area (Å²) in [5, 5.41) is 13.5. The Morgan fingerprint density at radius 3 is 2.74 bits per heavy atom. The molecule has 0 amide bonds. The average molecular weight is 477 g/mol. The second kappa shape index (κ2) is 8.43. The van der Waals surface area contributed by atoms with Gasteiger partial charge in [-0.1, -0.05) is 12.0 Å². The van der Waals surface area contributed by atoms with Crippen LogP contribution in [0.1, 0.15) is 49.2 Å². The molecule has 0 radical (unpaired) electrons. The van der Waals surface area contributed by atoms with Crippen molar-refractivity contribution in [1.82, 2.24) is 19.9 Å². The van der Waals surface area contributed by atoms with Gasteiger partial charge in [-0.05, 0) is 55.9 Å². The van der Waals surface area contributed by atoms with E-state index < -0.39 is 10.8 Å². The molecule has 176 valence electrons. The van der Waals surface area contributed by atoms with Crippen LogP contribution in [0.3, 0.4) is 0 Å². The molecule has 34 heavy (non-hydrogen) atoms. The predicted octanol–water partition coefficient (Wildman–Crippen LogP) is 2.17. The van der Waals surface area contributed by atoms with Gasteiger partial charge in [-0.15, -0.1) is 6.42 Å². The van der Waals surface area contributed by atoms with Gasteiger partial charge >= 0.3 is 0 Å². The summed E-state index contributed by atoms with van der Waals surface area (Å²) < 4.78 is 12.9. The fourth-order valence-corrected chi connectivity index (χ4v) is 6.91. The van der Waals surface area contributed by atoms with Gasteiger partial charge in [0.15, 0.2) is 5.82 Å². The fraction of sp³-hybridized carbons (Fsp3) is 0.520. The second-order valence-electron chi connectivity index (χ2n) is 9.88. The lowest BCUT2D eigenvalue weighted by Gasteiger charge is -2.42. The highest BCUT2D eigenvalue weighted by Crippen LogP contribution is 2.42. The summed E-state index contributed by atoms with van der Waals surface area (Å²) in [4.78, 5) is 21.6. The smallest absolute Gasteiger partial charge is 0.227 e. The van der Waals surface area contributed by atoms with Gasteiger partial charge in [0.1, 0.15) is 10.7 Å². The molecule has 0 unspecified atom stereocenters. The predicted molar refractivity (Wildman–Crippen MR) is 131 cm³/mol. The van der Waals surface area contributed by atoms with Crippen molar-refractivity contribution < 1.29 is 9.32 Å². The molecule has 0 spiro atoms. The van der Waals surface area contributed by atoms with Crippen LogP contribution in [0.4, 0.5) is 11.8 Å². The molecular formula is C25H28N6O2S. The quantitative estimate of drug-likeness (QED) is 0.633. The van der Waals surface area contributed by atoms with E-state index in [1.807, 2.05) is 0 Å². The molecule has 9 heteroatoms. The summed E-state index contributed by atoms with van der Waals surface area (Å²) in [5.41, 5.74) is 2.40. The molecule has 2 aliphatic heterocycles. The van der Waals surface area contributed by atoms with Crippen LogP contribution in [-0.2, 0) is 17.2 Å². The molecule has 4 heterocycles. The Balaban J connectivity index is 1.26. The van der Waals surface area contributed by atoms with Crippen molar-refractivity contribution >= 4 is 28.1 Å². The Morgan fingerprint density at radius 1 is 1.24 bits per heavy atom. The van der Waals surface area contributed by atoms with Crippen molar-refractivity contribution in [2.45, 2.75) is 49.0 Å². The largest absolute Gasteiger partial charge is 0.394 e. The first-order chi connectivity index (χ1) is 16.6. The Morgan fingerprint density at radius 2 is 2.06 bits per heavy atom. The number of aryl methyl sites for hydroxylation is 1. The van der Waals surface area contributed by atoms with Gasteiger partial charge in [-0.3, -0.25) is 4.21 Å². The standard InChI is InChI=1S/C25H28N6O2S/c1-2-16-11-26-22(27-12-16)17-9-18-13-31(14-19(18)10-17)24-28-20-5-3-8-34(33)21(20)23(29-24)30-25(15-32)6-4-7-25/h1,9,11-12,18-19,32H,3-8,10,13-15H2,(H,28,29,30)/t18-,19+,34-/m0/s1. The average Bonchev–Trinajstić information content (AvgIpc) is 3.41.